The molecule has 1 heterocycles. The van der Waals surface area contributed by atoms with Gasteiger partial charge in [-0.3, -0.25) is 5.32 Å². The minimum atomic E-state index is -4.43. The number of rotatable bonds is 5. The molecule has 0 atom stereocenters. The van der Waals surface area contributed by atoms with Crippen molar-refractivity contribution in [3.05, 3.63) is 70.2 Å². The van der Waals surface area contributed by atoms with Crippen molar-refractivity contribution in [3.8, 4) is 0 Å². The lowest BCUT2D eigenvalue weighted by Gasteiger charge is -2.07. The van der Waals surface area contributed by atoms with Crippen molar-refractivity contribution < 1.29 is 27.9 Å². The molecule has 0 radical (unpaired) electrons. The molecule has 0 aliphatic rings. The van der Waals surface area contributed by atoms with Crippen molar-refractivity contribution in [2.75, 3.05) is 10.6 Å². The van der Waals surface area contributed by atoms with Crippen molar-refractivity contribution in [3.63, 3.8) is 0 Å². The van der Waals surface area contributed by atoms with Gasteiger partial charge in [-0.1, -0.05) is 29.5 Å². The molecule has 0 saturated carbocycles. The highest BCUT2D eigenvalue weighted by molar-refractivity contribution is 7.15. The van der Waals surface area contributed by atoms with Crippen LogP contribution in [-0.4, -0.2) is 27.3 Å². The quantitative estimate of drug-likeness (QED) is 0.562. The molecule has 3 N–H and O–H groups in total. The molecule has 0 spiro atoms. The molecule has 3 rings (SSSR count). The summed E-state index contributed by atoms with van der Waals surface area (Å²) in [4.78, 5) is 22.8. The largest absolute Gasteiger partial charge is 0.478 e. The van der Waals surface area contributed by atoms with Crippen molar-refractivity contribution in [2.24, 2.45) is 0 Å². The van der Waals surface area contributed by atoms with E-state index in [1.165, 1.54) is 30.3 Å². The molecule has 150 valence electrons. The first-order chi connectivity index (χ1) is 13.7. The number of hydrogen-bond acceptors (Lipinski definition) is 5. The highest BCUT2D eigenvalue weighted by Gasteiger charge is 2.30. The zero-order valence-corrected chi connectivity index (χ0v) is 15.3. The van der Waals surface area contributed by atoms with Crippen molar-refractivity contribution in [1.82, 2.24) is 10.2 Å². The third kappa shape index (κ3) is 5.51. The van der Waals surface area contributed by atoms with Crippen molar-refractivity contribution >= 4 is 34.2 Å². The van der Waals surface area contributed by atoms with Gasteiger partial charge in [0.1, 0.15) is 5.01 Å². The number of halogens is 3. The molecule has 3 aromatic rings. The summed E-state index contributed by atoms with van der Waals surface area (Å²) in [6, 6.07) is 9.84. The number of aromatic nitrogens is 2. The van der Waals surface area contributed by atoms with E-state index in [9.17, 15) is 22.8 Å². The van der Waals surface area contributed by atoms with Crippen LogP contribution >= 0.6 is 11.3 Å². The second-order valence-electron chi connectivity index (χ2n) is 5.84. The van der Waals surface area contributed by atoms with Gasteiger partial charge in [0, 0.05) is 12.1 Å². The van der Waals surface area contributed by atoms with E-state index in [4.69, 9.17) is 5.11 Å². The molecule has 2 amide bonds. The number of carboxylic acids is 1. The smallest absolute Gasteiger partial charge is 0.416 e. The third-order valence-electron chi connectivity index (χ3n) is 3.69. The third-order valence-corrected chi connectivity index (χ3v) is 4.53. The van der Waals surface area contributed by atoms with E-state index in [0.717, 1.165) is 23.5 Å². The fourth-order valence-electron chi connectivity index (χ4n) is 2.36. The molecule has 0 bridgehead atoms. The number of amides is 2. The van der Waals surface area contributed by atoms with E-state index < -0.39 is 23.7 Å². The summed E-state index contributed by atoms with van der Waals surface area (Å²) in [7, 11) is 0. The first-order valence-electron chi connectivity index (χ1n) is 8.10. The Balaban J connectivity index is 1.60. The number of urea groups is 1. The Labute approximate surface area is 166 Å². The SMILES string of the molecule is O=C(Nc1ccc(C(=O)O)cc1)Nc1nnc(Cc2cccc(C(F)(F)F)c2)s1. The fourth-order valence-corrected chi connectivity index (χ4v) is 3.13. The van der Waals surface area contributed by atoms with Crippen LogP contribution in [0.2, 0.25) is 0 Å². The van der Waals surface area contributed by atoms with E-state index in [-0.39, 0.29) is 17.1 Å². The van der Waals surface area contributed by atoms with Gasteiger partial charge in [0.25, 0.3) is 0 Å². The number of aromatic carboxylic acids is 1. The lowest BCUT2D eigenvalue weighted by molar-refractivity contribution is -0.137. The monoisotopic (exact) mass is 422 g/mol. The molecule has 2 aromatic carbocycles. The summed E-state index contributed by atoms with van der Waals surface area (Å²) in [5.74, 6) is -1.08. The number of carboxylic acid groups (broad SMARTS) is 1. The molecule has 1 aromatic heterocycles. The standard InChI is InChI=1S/C18H13F3N4O3S/c19-18(20,21)12-3-1-2-10(8-12)9-14-24-25-17(29-14)23-16(28)22-13-6-4-11(5-7-13)15(26)27/h1-8H,9H2,(H,26,27)(H2,22,23,25,28). The second-order valence-corrected chi connectivity index (χ2v) is 6.90. The lowest BCUT2D eigenvalue weighted by Crippen LogP contribution is -2.19. The molecule has 0 aliphatic carbocycles. The van der Waals surface area contributed by atoms with Gasteiger partial charge in [0.15, 0.2) is 0 Å². The number of benzene rings is 2. The van der Waals surface area contributed by atoms with Crippen LogP contribution in [0.1, 0.15) is 26.5 Å². The summed E-state index contributed by atoms with van der Waals surface area (Å²) in [6.07, 6.45) is -4.29. The topological polar surface area (TPSA) is 104 Å². The summed E-state index contributed by atoms with van der Waals surface area (Å²) in [5.41, 5.74) is 0.136. The summed E-state index contributed by atoms with van der Waals surface area (Å²) in [6.45, 7) is 0. The van der Waals surface area contributed by atoms with Crippen LogP contribution < -0.4 is 10.6 Å². The molecule has 29 heavy (non-hydrogen) atoms. The van der Waals surface area contributed by atoms with Crippen LogP contribution in [0.5, 0.6) is 0 Å². The Morgan fingerprint density at radius 3 is 2.41 bits per heavy atom. The molecule has 7 nitrogen and oxygen atoms in total. The van der Waals surface area contributed by atoms with Gasteiger partial charge in [0.2, 0.25) is 5.13 Å². The summed E-state index contributed by atoms with van der Waals surface area (Å²) < 4.78 is 38.4. The lowest BCUT2D eigenvalue weighted by atomic mass is 10.1. The normalized spacial score (nSPS) is 11.1. The number of anilines is 2. The van der Waals surface area contributed by atoms with E-state index in [1.54, 1.807) is 6.07 Å². The van der Waals surface area contributed by atoms with Crippen LogP contribution in [-0.2, 0) is 12.6 Å². The number of nitrogens with zero attached hydrogens (tertiary/aromatic N) is 2. The molecule has 0 fully saturated rings. The summed E-state index contributed by atoms with van der Waals surface area (Å²) >= 11 is 1.03. The molecular formula is C18H13F3N4O3S. The molecular weight excluding hydrogens is 409 g/mol. The van der Waals surface area contributed by atoms with E-state index in [1.807, 2.05) is 0 Å². The number of nitrogens with one attached hydrogen (secondary N) is 2. The second kappa shape index (κ2) is 8.27. The minimum absolute atomic E-state index is 0.0827. The Hall–Kier alpha value is -3.47. The molecule has 0 unspecified atom stereocenters. The maximum Gasteiger partial charge on any atom is 0.416 e. The van der Waals surface area contributed by atoms with E-state index in [2.05, 4.69) is 20.8 Å². The highest BCUT2D eigenvalue weighted by Crippen LogP contribution is 2.30. The maximum absolute atomic E-state index is 12.8. The first kappa shape index (κ1) is 20.3. The number of hydrogen-bond donors (Lipinski definition) is 3. The molecule has 0 saturated heterocycles. The Bertz CT molecular complexity index is 1040. The first-order valence-corrected chi connectivity index (χ1v) is 8.92. The number of carbonyl (C=O) groups excluding carboxylic acids is 1. The van der Waals surface area contributed by atoms with Crippen LogP contribution in [0.25, 0.3) is 0 Å². The van der Waals surface area contributed by atoms with E-state index in [0.29, 0.717) is 16.3 Å². The van der Waals surface area contributed by atoms with Gasteiger partial charge >= 0.3 is 18.2 Å². The zero-order valence-electron chi connectivity index (χ0n) is 14.5. The minimum Gasteiger partial charge on any atom is -0.478 e. The maximum atomic E-state index is 12.8. The predicted octanol–water partition coefficient (Wildman–Crippen LogP) is 4.49. The van der Waals surface area contributed by atoms with Gasteiger partial charge in [-0.05, 0) is 35.9 Å². The molecule has 11 heteroatoms. The van der Waals surface area contributed by atoms with Gasteiger partial charge in [-0.2, -0.15) is 13.2 Å². The Morgan fingerprint density at radius 1 is 1.03 bits per heavy atom. The van der Waals surface area contributed by atoms with Crippen molar-refractivity contribution in [1.29, 1.82) is 0 Å². The summed E-state index contributed by atoms with van der Waals surface area (Å²) in [5, 5.41) is 22.1. The molecule has 0 aliphatic heterocycles. The predicted molar refractivity (Wildman–Crippen MR) is 100 cm³/mol. The van der Waals surface area contributed by atoms with Crippen LogP contribution in [0, 0.1) is 0 Å². The number of alkyl halides is 3. The number of carbonyl (C=O) groups is 2. The van der Waals surface area contributed by atoms with Gasteiger partial charge in [0.05, 0.1) is 11.1 Å². The van der Waals surface area contributed by atoms with Crippen LogP contribution in [0.15, 0.2) is 48.5 Å². The zero-order chi connectivity index (χ0) is 21.0. The van der Waals surface area contributed by atoms with Crippen molar-refractivity contribution in [2.45, 2.75) is 12.6 Å². The Morgan fingerprint density at radius 2 is 1.76 bits per heavy atom. The van der Waals surface area contributed by atoms with Crippen LogP contribution in [0.4, 0.5) is 28.8 Å². The highest BCUT2D eigenvalue weighted by atomic mass is 32.1. The average Bonchev–Trinajstić information content (AvgIpc) is 3.08. The fraction of sp³-hybridized carbons (Fsp3) is 0.111. The van der Waals surface area contributed by atoms with Gasteiger partial charge < -0.3 is 10.4 Å². The average molecular weight is 422 g/mol. The van der Waals surface area contributed by atoms with Gasteiger partial charge in [-0.15, -0.1) is 10.2 Å². The van der Waals surface area contributed by atoms with Gasteiger partial charge in [-0.25, -0.2) is 9.59 Å². The van der Waals surface area contributed by atoms with E-state index >= 15 is 0 Å². The van der Waals surface area contributed by atoms with Crippen LogP contribution in [0.3, 0.4) is 0 Å². The Kier molecular flexibility index (Phi) is 5.78.